The summed E-state index contributed by atoms with van der Waals surface area (Å²) in [4.78, 5) is 11.2. The Morgan fingerprint density at radius 3 is 2.17 bits per heavy atom. The highest BCUT2D eigenvalue weighted by atomic mass is 16.3. The Balaban J connectivity index is 0.00000103. The quantitative estimate of drug-likeness (QED) is 0.365. The molecule has 0 aromatic rings. The second-order valence-electron chi connectivity index (χ2n) is 13.0. The molecule has 2 N–H and O–H groups in total. The number of hydrogen-bond acceptors (Lipinski definition) is 4. The van der Waals surface area contributed by atoms with Gasteiger partial charge >= 0.3 is 0 Å². The maximum absolute atomic E-state index is 11.7. The lowest BCUT2D eigenvalue weighted by Crippen LogP contribution is -2.68. The Hall–Kier alpha value is -0.480. The highest BCUT2D eigenvalue weighted by Gasteiger charge is 2.67. The SMILES string of the molecule is CC.CC.CC(C)CCC[C@@H](C)C1CC[C@H]2[C@@H]3C[C@H](O)[C@@]4(O)C[C@@H](N=O)CC[C@]4(C)[C@H]3CC[C@]12C. The third kappa shape index (κ3) is 5.40. The van der Waals surface area contributed by atoms with Gasteiger partial charge in [-0.3, -0.25) is 0 Å². The molecule has 0 aliphatic heterocycles. The van der Waals surface area contributed by atoms with Gasteiger partial charge in [0, 0.05) is 11.8 Å². The number of aliphatic hydroxyl groups is 2. The van der Waals surface area contributed by atoms with E-state index in [1.807, 2.05) is 27.7 Å². The second kappa shape index (κ2) is 12.4. The Bertz CT molecular complexity index is 668. The summed E-state index contributed by atoms with van der Waals surface area (Å²) >= 11 is 0. The summed E-state index contributed by atoms with van der Waals surface area (Å²) in [5, 5.41) is 26.2. The first-order valence-electron chi connectivity index (χ1n) is 15.3. The van der Waals surface area contributed by atoms with E-state index < -0.39 is 11.7 Å². The molecule has 4 fully saturated rings. The fourth-order valence-corrected chi connectivity index (χ4v) is 9.37. The van der Waals surface area contributed by atoms with Crippen LogP contribution < -0.4 is 0 Å². The van der Waals surface area contributed by atoms with Gasteiger partial charge in [-0.05, 0) is 85.9 Å². The molecule has 0 saturated heterocycles. The molecule has 4 heteroatoms. The summed E-state index contributed by atoms with van der Waals surface area (Å²) in [5.41, 5.74) is -1.06. The van der Waals surface area contributed by atoms with Crippen LogP contribution in [0.1, 0.15) is 133 Å². The Morgan fingerprint density at radius 1 is 0.914 bits per heavy atom. The van der Waals surface area contributed by atoms with Crippen LogP contribution in [0.15, 0.2) is 5.18 Å². The van der Waals surface area contributed by atoms with Gasteiger partial charge < -0.3 is 10.2 Å². The maximum Gasteiger partial charge on any atom is 0.0982 e. The largest absolute Gasteiger partial charge is 0.390 e. The number of nitroso groups, excluding NO2 is 1. The molecule has 4 aliphatic carbocycles. The molecule has 0 bridgehead atoms. The van der Waals surface area contributed by atoms with Crippen LogP contribution in [0.4, 0.5) is 0 Å². The summed E-state index contributed by atoms with van der Waals surface area (Å²) in [6, 6.07) is -0.347. The van der Waals surface area contributed by atoms with E-state index in [1.54, 1.807) is 0 Å². The van der Waals surface area contributed by atoms with Crippen LogP contribution in [0.25, 0.3) is 0 Å². The average Bonchev–Trinajstić information content (AvgIpc) is 3.20. The lowest BCUT2D eigenvalue weighted by atomic mass is 9.42. The molecule has 0 radical (unpaired) electrons. The van der Waals surface area contributed by atoms with Crippen LogP contribution in [-0.2, 0) is 0 Å². The molecule has 4 saturated carbocycles. The topological polar surface area (TPSA) is 69.9 Å². The normalized spacial score (nSPS) is 45.0. The monoisotopic (exact) mass is 493 g/mol. The van der Waals surface area contributed by atoms with E-state index in [1.165, 1.54) is 38.5 Å². The molecular weight excluding hydrogens is 434 g/mol. The van der Waals surface area contributed by atoms with Crippen molar-refractivity contribution in [3.8, 4) is 0 Å². The highest BCUT2D eigenvalue weighted by molar-refractivity contribution is 5.17. The summed E-state index contributed by atoms with van der Waals surface area (Å²) in [7, 11) is 0. The Kier molecular flexibility index (Phi) is 10.9. The zero-order chi connectivity index (χ0) is 26.6. The smallest absolute Gasteiger partial charge is 0.0982 e. The zero-order valence-corrected chi connectivity index (χ0v) is 24.6. The first-order valence-corrected chi connectivity index (χ1v) is 15.3. The molecular formula is C31H59NO3. The number of hydrogen-bond donors (Lipinski definition) is 2. The summed E-state index contributed by atoms with van der Waals surface area (Å²) in [6.07, 6.45) is 11.0. The Labute approximate surface area is 217 Å². The molecule has 10 atom stereocenters. The lowest BCUT2D eigenvalue weighted by Gasteiger charge is -2.65. The van der Waals surface area contributed by atoms with Crippen molar-refractivity contribution in [3.63, 3.8) is 0 Å². The molecule has 1 unspecified atom stereocenters. The molecule has 206 valence electrons. The third-order valence-corrected chi connectivity index (χ3v) is 11.2. The van der Waals surface area contributed by atoms with E-state index in [0.29, 0.717) is 36.0 Å². The second-order valence-corrected chi connectivity index (χ2v) is 13.0. The minimum atomic E-state index is -1.15. The van der Waals surface area contributed by atoms with Crippen molar-refractivity contribution >= 4 is 0 Å². The zero-order valence-electron chi connectivity index (χ0n) is 24.6. The lowest BCUT2D eigenvalue weighted by molar-refractivity contribution is -0.255. The molecule has 4 nitrogen and oxygen atoms in total. The van der Waals surface area contributed by atoms with Crippen LogP contribution in [0.2, 0.25) is 0 Å². The molecule has 0 aromatic carbocycles. The van der Waals surface area contributed by atoms with Gasteiger partial charge in [0.1, 0.15) is 0 Å². The number of nitrogens with zero attached hydrogens (tertiary/aromatic N) is 1. The first kappa shape index (κ1) is 30.7. The van der Waals surface area contributed by atoms with Gasteiger partial charge in [-0.2, -0.15) is 4.91 Å². The van der Waals surface area contributed by atoms with Crippen LogP contribution in [0.5, 0.6) is 0 Å². The molecule has 0 heterocycles. The Morgan fingerprint density at radius 2 is 1.57 bits per heavy atom. The van der Waals surface area contributed by atoms with Crippen LogP contribution in [0, 0.1) is 51.2 Å². The van der Waals surface area contributed by atoms with Crippen molar-refractivity contribution in [2.24, 2.45) is 51.5 Å². The minimum absolute atomic E-state index is 0.293. The molecule has 0 spiro atoms. The minimum Gasteiger partial charge on any atom is -0.390 e. The van der Waals surface area contributed by atoms with Crippen LogP contribution >= 0.6 is 0 Å². The third-order valence-electron chi connectivity index (χ3n) is 11.2. The fourth-order valence-electron chi connectivity index (χ4n) is 9.37. The van der Waals surface area contributed by atoms with E-state index in [4.69, 9.17) is 0 Å². The van der Waals surface area contributed by atoms with Crippen LogP contribution in [0.3, 0.4) is 0 Å². The van der Waals surface area contributed by atoms with Gasteiger partial charge in [-0.15, -0.1) is 0 Å². The van der Waals surface area contributed by atoms with Crippen LogP contribution in [-0.4, -0.2) is 28.0 Å². The van der Waals surface area contributed by atoms with Crippen molar-refractivity contribution < 1.29 is 10.2 Å². The van der Waals surface area contributed by atoms with E-state index in [2.05, 4.69) is 39.8 Å². The first-order chi connectivity index (χ1) is 16.6. The van der Waals surface area contributed by atoms with Crippen molar-refractivity contribution in [2.75, 3.05) is 0 Å². The summed E-state index contributed by atoms with van der Waals surface area (Å²) < 4.78 is 0. The molecule has 35 heavy (non-hydrogen) atoms. The van der Waals surface area contributed by atoms with Gasteiger partial charge in [-0.25, -0.2) is 0 Å². The van der Waals surface area contributed by atoms with Gasteiger partial charge in [0.15, 0.2) is 0 Å². The fraction of sp³-hybridized carbons (Fsp3) is 1.00. The highest BCUT2D eigenvalue weighted by Crippen LogP contribution is 2.69. The van der Waals surface area contributed by atoms with E-state index in [9.17, 15) is 15.1 Å². The van der Waals surface area contributed by atoms with E-state index >= 15 is 0 Å². The predicted octanol–water partition coefficient (Wildman–Crippen LogP) is 8.38. The van der Waals surface area contributed by atoms with E-state index in [0.717, 1.165) is 37.0 Å². The number of aliphatic hydroxyl groups excluding tert-OH is 1. The van der Waals surface area contributed by atoms with Crippen molar-refractivity contribution in [3.05, 3.63) is 4.91 Å². The molecule has 0 amide bonds. The predicted molar refractivity (Wildman–Crippen MR) is 148 cm³/mol. The molecule has 4 aliphatic rings. The maximum atomic E-state index is 11.7. The van der Waals surface area contributed by atoms with Gasteiger partial charge in [0.2, 0.25) is 0 Å². The standard InChI is InChI=1S/C27H47NO3.2C2H6/c1-17(2)7-6-8-18(3)21-9-10-22-20-15-24(29)27(30)16-19(28-31)11-14-26(27,5)23(20)12-13-25(21,22)4;2*1-2/h17-24,29-30H,6-16H2,1-5H3;2*1-2H3/t18-,19+,20+,21?,22+,23+,24+,25-,26-,27+;;/m1../s1. The molecule has 4 rings (SSSR count). The van der Waals surface area contributed by atoms with Gasteiger partial charge in [0.25, 0.3) is 0 Å². The van der Waals surface area contributed by atoms with Gasteiger partial charge in [-0.1, -0.05) is 86.8 Å². The van der Waals surface area contributed by atoms with Crippen molar-refractivity contribution in [2.45, 2.75) is 151 Å². The summed E-state index contributed by atoms with van der Waals surface area (Å²) in [5.74, 6) is 4.00. The van der Waals surface area contributed by atoms with Crippen molar-refractivity contribution in [1.29, 1.82) is 0 Å². The van der Waals surface area contributed by atoms with Crippen molar-refractivity contribution in [1.82, 2.24) is 0 Å². The average molecular weight is 494 g/mol. The van der Waals surface area contributed by atoms with Gasteiger partial charge in [0.05, 0.1) is 17.7 Å². The molecule has 0 aromatic heterocycles. The number of fused-ring (bicyclic) bond motifs is 5. The van der Waals surface area contributed by atoms with E-state index in [-0.39, 0.29) is 11.5 Å². The summed E-state index contributed by atoms with van der Waals surface area (Å²) in [6.45, 7) is 19.9. The number of rotatable bonds is 6.